The van der Waals surface area contributed by atoms with Crippen molar-refractivity contribution in [1.29, 1.82) is 0 Å². The third kappa shape index (κ3) is 3.16. The molecule has 0 fully saturated rings. The summed E-state index contributed by atoms with van der Waals surface area (Å²) in [6, 6.07) is 39.7. The average molecular weight is 439 g/mol. The summed E-state index contributed by atoms with van der Waals surface area (Å²) in [4.78, 5) is 0. The van der Waals surface area contributed by atoms with Gasteiger partial charge in [-0.2, -0.15) is 25.3 Å². The van der Waals surface area contributed by atoms with Crippen molar-refractivity contribution >= 4 is 25.3 Å². The van der Waals surface area contributed by atoms with Gasteiger partial charge in [0.1, 0.15) is 0 Å². The van der Waals surface area contributed by atoms with E-state index in [0.29, 0.717) is 0 Å². The summed E-state index contributed by atoms with van der Waals surface area (Å²) in [6.07, 6.45) is 0. The number of hydrogen-bond acceptors (Lipinski definition) is 2. The van der Waals surface area contributed by atoms with Gasteiger partial charge in [0.2, 0.25) is 0 Å². The highest BCUT2D eigenvalue weighted by molar-refractivity contribution is 7.80. The Labute approximate surface area is 196 Å². The van der Waals surface area contributed by atoms with Gasteiger partial charge in [-0.25, -0.2) is 0 Å². The molecule has 1 aliphatic rings. The molecule has 4 aromatic carbocycles. The molecule has 2 unspecified atom stereocenters. The van der Waals surface area contributed by atoms with Gasteiger partial charge in [0.25, 0.3) is 0 Å². The SMILES string of the molecule is SCC(c1ccccc1)C1(C(CS)c2ccccc2)c2ccccc2-c2ccccc21. The molecule has 31 heavy (non-hydrogen) atoms. The molecule has 2 heteroatoms. The summed E-state index contributed by atoms with van der Waals surface area (Å²) in [5.41, 5.74) is 7.86. The van der Waals surface area contributed by atoms with E-state index in [4.69, 9.17) is 25.3 Å². The Bertz CT molecular complexity index is 1070. The van der Waals surface area contributed by atoms with Gasteiger partial charge >= 0.3 is 0 Å². The normalized spacial score (nSPS) is 15.7. The first-order valence-corrected chi connectivity index (χ1v) is 12.1. The summed E-state index contributed by atoms with van der Waals surface area (Å²) < 4.78 is 0. The predicted octanol–water partition coefficient (Wildman–Crippen LogP) is 7.38. The van der Waals surface area contributed by atoms with Crippen LogP contribution >= 0.6 is 25.3 Å². The van der Waals surface area contributed by atoms with Crippen LogP contribution in [-0.2, 0) is 5.41 Å². The highest BCUT2D eigenvalue weighted by atomic mass is 32.1. The largest absolute Gasteiger partial charge is 0.179 e. The highest BCUT2D eigenvalue weighted by Gasteiger charge is 2.53. The van der Waals surface area contributed by atoms with Gasteiger partial charge in [-0.05, 0) is 44.9 Å². The molecule has 0 bridgehead atoms. The lowest BCUT2D eigenvalue weighted by Gasteiger charge is -2.45. The summed E-state index contributed by atoms with van der Waals surface area (Å²) in [6.45, 7) is 0. The molecule has 4 aromatic rings. The Morgan fingerprint density at radius 3 is 1.23 bits per heavy atom. The highest BCUT2D eigenvalue weighted by Crippen LogP contribution is 2.61. The number of hydrogen-bond donors (Lipinski definition) is 2. The molecule has 0 aromatic heterocycles. The molecule has 0 saturated heterocycles. The van der Waals surface area contributed by atoms with Gasteiger partial charge in [0.05, 0.1) is 0 Å². The molecule has 0 nitrogen and oxygen atoms in total. The van der Waals surface area contributed by atoms with Crippen LogP contribution in [0.5, 0.6) is 0 Å². The van der Waals surface area contributed by atoms with Crippen molar-refractivity contribution in [1.82, 2.24) is 0 Å². The first-order valence-electron chi connectivity index (χ1n) is 10.8. The predicted molar refractivity (Wildman–Crippen MR) is 139 cm³/mol. The molecule has 0 radical (unpaired) electrons. The van der Waals surface area contributed by atoms with Gasteiger partial charge in [-0.1, -0.05) is 109 Å². The smallest absolute Gasteiger partial charge is 0.0367 e. The van der Waals surface area contributed by atoms with Gasteiger partial charge in [0, 0.05) is 17.3 Å². The van der Waals surface area contributed by atoms with E-state index >= 15 is 0 Å². The van der Waals surface area contributed by atoms with Crippen LogP contribution in [-0.4, -0.2) is 11.5 Å². The number of rotatable bonds is 6. The monoisotopic (exact) mass is 438 g/mol. The van der Waals surface area contributed by atoms with Gasteiger partial charge in [-0.3, -0.25) is 0 Å². The summed E-state index contributed by atoms with van der Waals surface area (Å²) in [5.74, 6) is 1.92. The Morgan fingerprint density at radius 2 is 0.839 bits per heavy atom. The summed E-state index contributed by atoms with van der Waals surface area (Å²) in [7, 11) is 0. The standard InChI is InChI=1S/C29H26S2/c30-19-27(21-11-3-1-4-12-21)29(28(20-31)22-13-5-2-6-14-22)25-17-9-7-15-23(25)24-16-8-10-18-26(24)29/h1-18,27-28,30-31H,19-20H2. The van der Waals surface area contributed by atoms with E-state index in [1.54, 1.807) is 0 Å². The molecule has 5 rings (SSSR count). The van der Waals surface area contributed by atoms with Crippen molar-refractivity contribution in [3.63, 3.8) is 0 Å². The van der Waals surface area contributed by atoms with E-state index in [9.17, 15) is 0 Å². The third-order valence-corrected chi connectivity index (χ3v) is 7.63. The molecule has 1 aliphatic carbocycles. The van der Waals surface area contributed by atoms with E-state index in [-0.39, 0.29) is 17.3 Å². The molecule has 0 aliphatic heterocycles. The fraction of sp³-hybridized carbons (Fsp3) is 0.172. The summed E-state index contributed by atoms with van der Waals surface area (Å²) >= 11 is 9.92. The second-order valence-corrected chi connectivity index (χ2v) is 8.98. The van der Waals surface area contributed by atoms with Crippen molar-refractivity contribution < 1.29 is 0 Å². The molecule has 0 heterocycles. The Hall–Kier alpha value is -2.42. The molecule has 0 amide bonds. The minimum atomic E-state index is -0.251. The van der Waals surface area contributed by atoms with Crippen LogP contribution in [0.1, 0.15) is 34.1 Å². The Balaban J connectivity index is 1.89. The second-order valence-electron chi connectivity index (χ2n) is 8.25. The lowest BCUT2D eigenvalue weighted by atomic mass is 9.58. The van der Waals surface area contributed by atoms with Gasteiger partial charge in [-0.15, -0.1) is 0 Å². The fourth-order valence-electron chi connectivity index (χ4n) is 5.69. The number of thiol groups is 2. The molecule has 0 saturated carbocycles. The van der Waals surface area contributed by atoms with Crippen LogP contribution in [0, 0.1) is 0 Å². The first-order chi connectivity index (χ1) is 15.3. The van der Waals surface area contributed by atoms with Crippen LogP contribution in [0.4, 0.5) is 0 Å². The van der Waals surface area contributed by atoms with Crippen molar-refractivity contribution in [3.05, 3.63) is 131 Å². The maximum atomic E-state index is 4.96. The van der Waals surface area contributed by atoms with Crippen LogP contribution in [0.15, 0.2) is 109 Å². The number of fused-ring (bicyclic) bond motifs is 3. The topological polar surface area (TPSA) is 0 Å². The molecule has 0 spiro atoms. The van der Waals surface area contributed by atoms with Crippen molar-refractivity contribution in [3.8, 4) is 11.1 Å². The van der Waals surface area contributed by atoms with Crippen molar-refractivity contribution in [2.45, 2.75) is 17.3 Å². The van der Waals surface area contributed by atoms with Crippen LogP contribution < -0.4 is 0 Å². The molecule has 2 atom stereocenters. The first kappa shape index (κ1) is 20.5. The molecule has 0 N–H and O–H groups in total. The second kappa shape index (κ2) is 8.61. The summed E-state index contributed by atoms with van der Waals surface area (Å²) in [5, 5.41) is 0. The Kier molecular flexibility index (Phi) is 5.69. The quantitative estimate of drug-likeness (QED) is 0.288. The van der Waals surface area contributed by atoms with E-state index in [1.165, 1.54) is 33.4 Å². The van der Waals surface area contributed by atoms with E-state index < -0.39 is 0 Å². The average Bonchev–Trinajstić information content (AvgIpc) is 3.13. The maximum absolute atomic E-state index is 4.96. The number of benzene rings is 4. The van der Waals surface area contributed by atoms with Gasteiger partial charge < -0.3 is 0 Å². The Morgan fingerprint density at radius 1 is 0.484 bits per heavy atom. The zero-order chi connectivity index (χ0) is 21.3. The lowest BCUT2D eigenvalue weighted by Crippen LogP contribution is -2.41. The van der Waals surface area contributed by atoms with Gasteiger partial charge in [0.15, 0.2) is 0 Å². The van der Waals surface area contributed by atoms with Crippen LogP contribution in [0.2, 0.25) is 0 Å². The molecular formula is C29H26S2. The van der Waals surface area contributed by atoms with Crippen LogP contribution in [0.25, 0.3) is 11.1 Å². The minimum absolute atomic E-state index is 0.208. The zero-order valence-electron chi connectivity index (χ0n) is 17.4. The maximum Gasteiger partial charge on any atom is 0.0367 e. The third-order valence-electron chi connectivity index (χ3n) is 6.90. The van der Waals surface area contributed by atoms with E-state index in [0.717, 1.165) is 11.5 Å². The van der Waals surface area contributed by atoms with Crippen molar-refractivity contribution in [2.24, 2.45) is 0 Å². The lowest BCUT2D eigenvalue weighted by molar-refractivity contribution is 0.384. The van der Waals surface area contributed by atoms with Crippen LogP contribution in [0.3, 0.4) is 0 Å². The minimum Gasteiger partial charge on any atom is -0.179 e. The zero-order valence-corrected chi connectivity index (χ0v) is 19.1. The van der Waals surface area contributed by atoms with E-state index in [2.05, 4.69) is 109 Å². The fourth-order valence-corrected chi connectivity index (χ4v) is 6.69. The van der Waals surface area contributed by atoms with E-state index in [1.807, 2.05) is 0 Å². The van der Waals surface area contributed by atoms with Crippen molar-refractivity contribution in [2.75, 3.05) is 11.5 Å². The molecule has 154 valence electrons. The molecular weight excluding hydrogens is 412 g/mol.